The van der Waals surface area contributed by atoms with E-state index in [1.807, 2.05) is 73.9 Å². The highest BCUT2D eigenvalue weighted by Gasteiger charge is 2.26. The quantitative estimate of drug-likeness (QED) is 0.376. The van der Waals surface area contributed by atoms with Gasteiger partial charge in [0.05, 0.1) is 18.1 Å². The lowest BCUT2D eigenvalue weighted by atomic mass is 10.1. The summed E-state index contributed by atoms with van der Waals surface area (Å²) < 4.78 is 13.4. The first-order chi connectivity index (χ1) is 17.3. The van der Waals surface area contributed by atoms with E-state index >= 15 is 0 Å². The number of methoxy groups -OCH3 is 1. The molecule has 4 N–H and O–H groups in total. The molecule has 4 aromatic rings. The van der Waals surface area contributed by atoms with Crippen LogP contribution in [0.15, 0.2) is 59.6 Å². The smallest absolute Gasteiger partial charge is 0.262 e. The summed E-state index contributed by atoms with van der Waals surface area (Å²) >= 11 is 0. The number of aromatic nitrogens is 2. The predicted octanol–water partition coefficient (Wildman–Crippen LogP) is 4.27. The molecular formula is C27H28N6O3. The van der Waals surface area contributed by atoms with Gasteiger partial charge in [-0.05, 0) is 56.2 Å². The van der Waals surface area contributed by atoms with Gasteiger partial charge in [-0.15, -0.1) is 0 Å². The molecule has 1 aliphatic heterocycles. The standard InChI is InChI=1S/C27H28N6O3/c1-15-11-16(2)24(17(3)12-15)30-23(34)14-36-21-10-9-18(13-22(21)35-4)25-31-26(28)32-27-29-19-7-5-6-8-20(19)33(25)27/h5-13,25H,14H2,1-4H3,(H,30,34)(H3,28,29,31,32). The number of anilines is 2. The van der Waals surface area contributed by atoms with Crippen LogP contribution in [-0.2, 0) is 4.79 Å². The number of nitrogens with zero attached hydrogens (tertiary/aromatic N) is 3. The number of nitrogens with two attached hydrogens (primary N) is 1. The van der Waals surface area contributed by atoms with Crippen molar-refractivity contribution in [3.8, 4) is 11.5 Å². The van der Waals surface area contributed by atoms with Crippen molar-refractivity contribution in [2.45, 2.75) is 26.9 Å². The van der Waals surface area contributed by atoms with Crippen LogP contribution >= 0.6 is 0 Å². The topological polar surface area (TPSA) is 116 Å². The normalized spacial score (nSPS) is 14.6. The average Bonchev–Trinajstić information content (AvgIpc) is 3.22. The number of rotatable bonds is 6. The third-order valence-corrected chi connectivity index (χ3v) is 6.13. The molecule has 1 aliphatic rings. The number of para-hydroxylation sites is 2. The molecule has 1 unspecified atom stereocenters. The number of benzene rings is 3. The molecule has 1 amide bonds. The Labute approximate surface area is 209 Å². The molecule has 0 saturated carbocycles. The maximum atomic E-state index is 12.6. The highest BCUT2D eigenvalue weighted by atomic mass is 16.5. The lowest BCUT2D eigenvalue weighted by Crippen LogP contribution is -2.31. The van der Waals surface area contributed by atoms with E-state index < -0.39 is 6.17 Å². The second-order valence-electron chi connectivity index (χ2n) is 8.83. The molecule has 9 nitrogen and oxygen atoms in total. The number of aryl methyl sites for hydroxylation is 3. The monoisotopic (exact) mass is 484 g/mol. The number of guanidine groups is 1. The maximum absolute atomic E-state index is 12.6. The molecule has 184 valence electrons. The number of aliphatic imine (C=N–C) groups is 1. The van der Waals surface area contributed by atoms with Gasteiger partial charge in [-0.1, -0.05) is 35.9 Å². The number of fused-ring (bicyclic) bond motifs is 3. The highest BCUT2D eigenvalue weighted by molar-refractivity contribution is 5.95. The van der Waals surface area contributed by atoms with Gasteiger partial charge < -0.3 is 20.5 Å². The van der Waals surface area contributed by atoms with Crippen LogP contribution in [0.4, 0.5) is 11.6 Å². The first-order valence-corrected chi connectivity index (χ1v) is 11.6. The minimum absolute atomic E-state index is 0.156. The van der Waals surface area contributed by atoms with Gasteiger partial charge in [-0.2, -0.15) is 0 Å². The summed E-state index contributed by atoms with van der Waals surface area (Å²) in [5.41, 5.74) is 12.6. The van der Waals surface area contributed by atoms with E-state index in [-0.39, 0.29) is 18.5 Å². The van der Waals surface area contributed by atoms with Crippen molar-refractivity contribution >= 4 is 34.5 Å². The Balaban J connectivity index is 1.37. The minimum atomic E-state index is -0.438. The summed E-state index contributed by atoms with van der Waals surface area (Å²) in [5, 5.41) is 5.98. The molecule has 0 fully saturated rings. The fraction of sp³-hybridized carbons (Fsp3) is 0.222. The van der Waals surface area contributed by atoms with Crippen LogP contribution < -0.4 is 25.8 Å². The third kappa shape index (κ3) is 4.31. The molecule has 0 aliphatic carbocycles. The number of nitrogens with one attached hydrogen (secondary N) is 2. The van der Waals surface area contributed by atoms with Gasteiger partial charge in [0.1, 0.15) is 0 Å². The van der Waals surface area contributed by atoms with E-state index in [1.165, 1.54) is 0 Å². The number of carbonyl (C=O) groups is 1. The summed E-state index contributed by atoms with van der Waals surface area (Å²) in [6.45, 7) is 5.83. The number of imidazole rings is 1. The predicted molar refractivity (Wildman–Crippen MR) is 141 cm³/mol. The van der Waals surface area contributed by atoms with E-state index in [0.29, 0.717) is 17.4 Å². The van der Waals surface area contributed by atoms with E-state index in [9.17, 15) is 4.79 Å². The molecule has 36 heavy (non-hydrogen) atoms. The Morgan fingerprint density at radius 1 is 1.08 bits per heavy atom. The molecule has 2 heterocycles. The molecule has 1 atom stereocenters. The number of amides is 1. The van der Waals surface area contributed by atoms with Crippen molar-refractivity contribution in [3.63, 3.8) is 0 Å². The van der Waals surface area contributed by atoms with Gasteiger partial charge in [0.2, 0.25) is 5.95 Å². The number of carbonyl (C=O) groups excluding carboxylic acids is 1. The second-order valence-corrected chi connectivity index (χ2v) is 8.83. The minimum Gasteiger partial charge on any atom is -0.493 e. The Morgan fingerprint density at radius 2 is 1.83 bits per heavy atom. The molecule has 5 rings (SSSR count). The Kier molecular flexibility index (Phi) is 5.97. The molecule has 9 heteroatoms. The number of hydrogen-bond donors (Lipinski definition) is 3. The van der Waals surface area contributed by atoms with Gasteiger partial charge in [0.15, 0.2) is 30.2 Å². The number of ether oxygens (including phenoxy) is 2. The molecule has 0 radical (unpaired) electrons. The lowest BCUT2D eigenvalue weighted by molar-refractivity contribution is -0.118. The van der Waals surface area contributed by atoms with Crippen LogP contribution in [0.2, 0.25) is 0 Å². The zero-order chi connectivity index (χ0) is 25.4. The Hall–Kier alpha value is -4.53. The van der Waals surface area contributed by atoms with E-state index in [2.05, 4.69) is 20.6 Å². The summed E-state index contributed by atoms with van der Waals surface area (Å²) in [6, 6.07) is 17.4. The maximum Gasteiger partial charge on any atom is 0.262 e. The summed E-state index contributed by atoms with van der Waals surface area (Å²) in [6.07, 6.45) is -0.438. The summed E-state index contributed by atoms with van der Waals surface area (Å²) in [5.74, 6) is 1.59. The highest BCUT2D eigenvalue weighted by Crippen LogP contribution is 2.36. The zero-order valence-electron chi connectivity index (χ0n) is 20.6. The van der Waals surface area contributed by atoms with Crippen LogP contribution in [-0.4, -0.2) is 35.1 Å². The van der Waals surface area contributed by atoms with Gasteiger partial charge in [-0.25, -0.2) is 9.98 Å². The average molecular weight is 485 g/mol. The van der Waals surface area contributed by atoms with Gasteiger partial charge in [-0.3, -0.25) is 14.7 Å². The first-order valence-electron chi connectivity index (χ1n) is 11.6. The van der Waals surface area contributed by atoms with Gasteiger partial charge in [0, 0.05) is 11.3 Å². The van der Waals surface area contributed by atoms with Crippen LogP contribution in [0.1, 0.15) is 28.4 Å². The van der Waals surface area contributed by atoms with Crippen LogP contribution in [0.3, 0.4) is 0 Å². The molecule has 3 aromatic carbocycles. The van der Waals surface area contributed by atoms with Crippen molar-refractivity contribution in [2.24, 2.45) is 10.7 Å². The van der Waals surface area contributed by atoms with E-state index in [4.69, 9.17) is 15.2 Å². The van der Waals surface area contributed by atoms with Crippen molar-refractivity contribution in [1.29, 1.82) is 0 Å². The van der Waals surface area contributed by atoms with Crippen molar-refractivity contribution in [3.05, 3.63) is 76.9 Å². The van der Waals surface area contributed by atoms with Crippen molar-refractivity contribution < 1.29 is 14.3 Å². The van der Waals surface area contributed by atoms with Crippen molar-refractivity contribution in [2.75, 3.05) is 24.4 Å². The van der Waals surface area contributed by atoms with Crippen LogP contribution in [0.5, 0.6) is 11.5 Å². The summed E-state index contributed by atoms with van der Waals surface area (Å²) in [7, 11) is 1.56. The molecule has 0 spiro atoms. The lowest BCUT2D eigenvalue weighted by Gasteiger charge is -2.24. The third-order valence-electron chi connectivity index (χ3n) is 6.13. The van der Waals surface area contributed by atoms with Crippen LogP contribution in [0.25, 0.3) is 11.0 Å². The van der Waals surface area contributed by atoms with Crippen LogP contribution in [0, 0.1) is 20.8 Å². The Bertz CT molecular complexity index is 1480. The molecule has 0 saturated heterocycles. The van der Waals surface area contributed by atoms with Crippen molar-refractivity contribution in [1.82, 2.24) is 9.55 Å². The molecule has 0 bridgehead atoms. The molecule has 1 aromatic heterocycles. The van der Waals surface area contributed by atoms with E-state index in [1.54, 1.807) is 13.2 Å². The zero-order valence-corrected chi connectivity index (χ0v) is 20.6. The second kappa shape index (κ2) is 9.26. The fourth-order valence-corrected chi connectivity index (χ4v) is 4.60. The first kappa shape index (κ1) is 23.2. The molecular weight excluding hydrogens is 456 g/mol. The van der Waals surface area contributed by atoms with Gasteiger partial charge >= 0.3 is 0 Å². The van der Waals surface area contributed by atoms with E-state index in [0.717, 1.165) is 39.0 Å². The van der Waals surface area contributed by atoms with Gasteiger partial charge in [0.25, 0.3) is 5.91 Å². The SMILES string of the molecule is COc1cc(C2N=C(N)Nc3nc4ccccc4n32)ccc1OCC(=O)Nc1c(C)cc(C)cc1C. The number of hydrogen-bond acceptors (Lipinski definition) is 7. The Morgan fingerprint density at radius 3 is 2.58 bits per heavy atom. The summed E-state index contributed by atoms with van der Waals surface area (Å²) in [4.78, 5) is 21.9. The largest absolute Gasteiger partial charge is 0.493 e. The fourth-order valence-electron chi connectivity index (χ4n) is 4.60.